The van der Waals surface area contributed by atoms with Crippen molar-refractivity contribution in [3.63, 3.8) is 0 Å². The fourth-order valence-corrected chi connectivity index (χ4v) is 2.55. The largest absolute Gasteiger partial charge is 0.334 e. The SMILES string of the molecule is CCCN(C(=O)c1cc(=O)[nH]c(=O)[nH]1)C1CCNCC1. The fourth-order valence-electron chi connectivity index (χ4n) is 2.55. The normalized spacial score (nSPS) is 16.1. The molecular formula is C13H20N4O3. The zero-order valence-electron chi connectivity index (χ0n) is 11.6. The number of piperidine rings is 1. The van der Waals surface area contributed by atoms with E-state index in [4.69, 9.17) is 0 Å². The zero-order chi connectivity index (χ0) is 14.5. The molecule has 0 unspecified atom stereocenters. The summed E-state index contributed by atoms with van der Waals surface area (Å²) in [6.45, 7) is 4.38. The highest BCUT2D eigenvalue weighted by Crippen LogP contribution is 2.14. The number of hydrogen-bond donors (Lipinski definition) is 3. The van der Waals surface area contributed by atoms with E-state index in [1.165, 1.54) is 0 Å². The van der Waals surface area contributed by atoms with Crippen molar-refractivity contribution < 1.29 is 4.79 Å². The first-order valence-electron chi connectivity index (χ1n) is 6.97. The Morgan fingerprint density at radius 2 is 2.00 bits per heavy atom. The summed E-state index contributed by atoms with van der Waals surface area (Å²) in [6.07, 6.45) is 2.61. The minimum atomic E-state index is -0.650. The Morgan fingerprint density at radius 1 is 1.30 bits per heavy atom. The van der Waals surface area contributed by atoms with Crippen molar-refractivity contribution >= 4 is 5.91 Å². The number of amides is 1. The van der Waals surface area contributed by atoms with Crippen LogP contribution in [-0.2, 0) is 0 Å². The molecule has 1 fully saturated rings. The summed E-state index contributed by atoms with van der Waals surface area (Å²) in [5, 5.41) is 3.26. The molecule has 1 saturated heterocycles. The summed E-state index contributed by atoms with van der Waals surface area (Å²) in [5.41, 5.74) is -1.15. The number of nitrogens with one attached hydrogen (secondary N) is 3. The van der Waals surface area contributed by atoms with Crippen LogP contribution in [0.2, 0.25) is 0 Å². The van der Waals surface area contributed by atoms with Crippen molar-refractivity contribution in [2.45, 2.75) is 32.2 Å². The molecule has 0 aliphatic carbocycles. The van der Waals surface area contributed by atoms with E-state index < -0.39 is 11.2 Å². The molecule has 0 radical (unpaired) electrons. The molecule has 7 nitrogen and oxygen atoms in total. The first-order chi connectivity index (χ1) is 9.61. The third-order valence-electron chi connectivity index (χ3n) is 3.47. The van der Waals surface area contributed by atoms with Crippen LogP contribution >= 0.6 is 0 Å². The second-order valence-electron chi connectivity index (χ2n) is 4.98. The monoisotopic (exact) mass is 280 g/mol. The van der Waals surface area contributed by atoms with Crippen LogP contribution in [0, 0.1) is 0 Å². The fraction of sp³-hybridized carbons (Fsp3) is 0.615. The van der Waals surface area contributed by atoms with Crippen molar-refractivity contribution in [1.29, 1.82) is 0 Å². The molecular weight excluding hydrogens is 260 g/mol. The van der Waals surface area contributed by atoms with E-state index in [1.54, 1.807) is 4.90 Å². The molecule has 3 N–H and O–H groups in total. The molecule has 1 aliphatic heterocycles. The highest BCUT2D eigenvalue weighted by Gasteiger charge is 2.26. The third kappa shape index (κ3) is 3.36. The third-order valence-corrected chi connectivity index (χ3v) is 3.47. The van der Waals surface area contributed by atoms with E-state index in [0.717, 1.165) is 38.4 Å². The highest BCUT2D eigenvalue weighted by molar-refractivity contribution is 5.92. The van der Waals surface area contributed by atoms with E-state index in [-0.39, 0.29) is 17.6 Å². The summed E-state index contributed by atoms with van der Waals surface area (Å²) in [4.78, 5) is 41.4. The van der Waals surface area contributed by atoms with Crippen LogP contribution in [-0.4, -0.2) is 46.5 Å². The lowest BCUT2D eigenvalue weighted by Crippen LogP contribution is -2.47. The molecule has 0 spiro atoms. The van der Waals surface area contributed by atoms with Gasteiger partial charge in [0.05, 0.1) is 0 Å². The molecule has 0 aromatic carbocycles. The molecule has 2 rings (SSSR count). The lowest BCUT2D eigenvalue weighted by atomic mass is 10.0. The van der Waals surface area contributed by atoms with E-state index in [9.17, 15) is 14.4 Å². The van der Waals surface area contributed by atoms with Gasteiger partial charge in [-0.05, 0) is 32.4 Å². The van der Waals surface area contributed by atoms with Crippen molar-refractivity contribution in [1.82, 2.24) is 20.2 Å². The minimum Gasteiger partial charge on any atom is -0.334 e. The molecule has 1 amide bonds. The van der Waals surface area contributed by atoms with Crippen LogP contribution in [0.4, 0.5) is 0 Å². The van der Waals surface area contributed by atoms with Gasteiger partial charge in [-0.1, -0.05) is 6.92 Å². The van der Waals surface area contributed by atoms with Gasteiger partial charge in [0.1, 0.15) is 5.69 Å². The van der Waals surface area contributed by atoms with Gasteiger partial charge >= 0.3 is 5.69 Å². The van der Waals surface area contributed by atoms with Crippen molar-refractivity contribution in [3.05, 3.63) is 32.6 Å². The standard InChI is InChI=1S/C13H20N4O3/c1-2-7-17(9-3-5-14-6-4-9)12(19)10-8-11(18)16-13(20)15-10/h8-9,14H,2-7H2,1H3,(H2,15,16,18,20). The second kappa shape index (κ2) is 6.51. The van der Waals surface area contributed by atoms with Crippen LogP contribution in [0.5, 0.6) is 0 Å². The predicted molar refractivity (Wildman–Crippen MR) is 74.9 cm³/mol. The quantitative estimate of drug-likeness (QED) is 0.703. The van der Waals surface area contributed by atoms with Crippen molar-refractivity contribution in [2.75, 3.05) is 19.6 Å². The smallest absolute Gasteiger partial charge is 0.326 e. The maximum absolute atomic E-state index is 12.5. The maximum Gasteiger partial charge on any atom is 0.326 e. The molecule has 110 valence electrons. The summed E-state index contributed by atoms with van der Waals surface area (Å²) < 4.78 is 0. The van der Waals surface area contributed by atoms with Gasteiger partial charge in [0, 0.05) is 18.7 Å². The molecule has 7 heteroatoms. The molecule has 20 heavy (non-hydrogen) atoms. The molecule has 2 heterocycles. The van der Waals surface area contributed by atoms with Gasteiger partial charge in [0.2, 0.25) is 0 Å². The van der Waals surface area contributed by atoms with Crippen LogP contribution in [0.3, 0.4) is 0 Å². The Balaban J connectivity index is 2.25. The Bertz CT molecular complexity index is 543. The lowest BCUT2D eigenvalue weighted by Gasteiger charge is -2.34. The number of hydrogen-bond acceptors (Lipinski definition) is 4. The molecule has 1 aliphatic rings. The summed E-state index contributed by atoms with van der Waals surface area (Å²) in [5.74, 6) is -0.276. The molecule has 0 bridgehead atoms. The van der Waals surface area contributed by atoms with Gasteiger partial charge in [0.15, 0.2) is 0 Å². The average molecular weight is 280 g/mol. The Hall–Kier alpha value is -1.89. The van der Waals surface area contributed by atoms with Crippen molar-refractivity contribution in [3.8, 4) is 0 Å². The summed E-state index contributed by atoms with van der Waals surface area (Å²) >= 11 is 0. The lowest BCUT2D eigenvalue weighted by molar-refractivity contribution is 0.0636. The van der Waals surface area contributed by atoms with E-state index in [1.807, 2.05) is 6.92 Å². The summed E-state index contributed by atoms with van der Waals surface area (Å²) in [7, 11) is 0. The van der Waals surface area contributed by atoms with Crippen LogP contribution < -0.4 is 16.6 Å². The van der Waals surface area contributed by atoms with Gasteiger partial charge < -0.3 is 15.2 Å². The van der Waals surface area contributed by atoms with Crippen LogP contribution in [0.15, 0.2) is 15.7 Å². The Labute approximate surface area is 116 Å². The summed E-state index contributed by atoms with van der Waals surface area (Å²) in [6, 6.07) is 1.31. The predicted octanol–water partition coefficient (Wildman–Crippen LogP) is -0.333. The number of aromatic nitrogens is 2. The Morgan fingerprint density at radius 3 is 2.60 bits per heavy atom. The number of nitrogens with zero attached hydrogens (tertiary/aromatic N) is 1. The first-order valence-corrected chi connectivity index (χ1v) is 6.97. The van der Waals surface area contributed by atoms with E-state index in [0.29, 0.717) is 6.54 Å². The van der Waals surface area contributed by atoms with Gasteiger partial charge in [0.25, 0.3) is 11.5 Å². The topological polar surface area (TPSA) is 98.1 Å². The second-order valence-corrected chi connectivity index (χ2v) is 4.98. The number of carbonyl (C=O) groups excluding carboxylic acids is 1. The molecule has 1 aromatic heterocycles. The number of rotatable bonds is 4. The molecule has 0 atom stereocenters. The van der Waals surface area contributed by atoms with Gasteiger partial charge in [-0.15, -0.1) is 0 Å². The first kappa shape index (κ1) is 14.5. The maximum atomic E-state index is 12.5. The zero-order valence-corrected chi connectivity index (χ0v) is 11.6. The van der Waals surface area contributed by atoms with Crippen molar-refractivity contribution in [2.24, 2.45) is 0 Å². The molecule has 1 aromatic rings. The van der Waals surface area contributed by atoms with Gasteiger partial charge in [-0.3, -0.25) is 14.6 Å². The van der Waals surface area contributed by atoms with E-state index in [2.05, 4.69) is 15.3 Å². The van der Waals surface area contributed by atoms with Gasteiger partial charge in [-0.25, -0.2) is 4.79 Å². The van der Waals surface area contributed by atoms with Crippen LogP contribution in [0.1, 0.15) is 36.7 Å². The number of carbonyl (C=O) groups is 1. The average Bonchev–Trinajstić information content (AvgIpc) is 2.44. The minimum absolute atomic E-state index is 0.0609. The highest BCUT2D eigenvalue weighted by atomic mass is 16.2. The molecule has 0 saturated carbocycles. The Kier molecular flexibility index (Phi) is 4.73. The van der Waals surface area contributed by atoms with Crippen LogP contribution in [0.25, 0.3) is 0 Å². The van der Waals surface area contributed by atoms with Gasteiger partial charge in [-0.2, -0.15) is 0 Å². The number of H-pyrrole nitrogens is 2. The number of aromatic amines is 2. The van der Waals surface area contributed by atoms with E-state index >= 15 is 0 Å².